The van der Waals surface area contributed by atoms with Crippen molar-refractivity contribution in [2.45, 2.75) is 26.7 Å². The van der Waals surface area contributed by atoms with Gasteiger partial charge in [0.15, 0.2) is 0 Å². The smallest absolute Gasteiger partial charge is 0.225 e. The summed E-state index contributed by atoms with van der Waals surface area (Å²) in [6, 6.07) is 1.93. The van der Waals surface area contributed by atoms with Crippen molar-refractivity contribution in [1.29, 1.82) is 0 Å². The first kappa shape index (κ1) is 11.4. The number of hydrogen-bond donors (Lipinski definition) is 0. The van der Waals surface area contributed by atoms with Crippen LogP contribution >= 0.6 is 11.6 Å². The van der Waals surface area contributed by atoms with Gasteiger partial charge in [-0.2, -0.15) is 0 Å². The SMILES string of the molecule is CC(=O)N1CC(C(C)C)c2cc(Cl)cnc21. The van der Waals surface area contributed by atoms with E-state index in [-0.39, 0.29) is 5.91 Å². The van der Waals surface area contributed by atoms with E-state index in [1.54, 1.807) is 18.0 Å². The van der Waals surface area contributed by atoms with Gasteiger partial charge >= 0.3 is 0 Å². The van der Waals surface area contributed by atoms with Gasteiger partial charge in [-0.15, -0.1) is 0 Å². The van der Waals surface area contributed by atoms with Crippen LogP contribution < -0.4 is 4.90 Å². The highest BCUT2D eigenvalue weighted by Gasteiger charge is 2.33. The Morgan fingerprint density at radius 2 is 2.31 bits per heavy atom. The molecule has 16 heavy (non-hydrogen) atoms. The summed E-state index contributed by atoms with van der Waals surface area (Å²) in [7, 11) is 0. The first-order valence-electron chi connectivity index (χ1n) is 5.44. The maximum atomic E-state index is 11.5. The Hall–Kier alpha value is -1.09. The van der Waals surface area contributed by atoms with Gasteiger partial charge in [-0.1, -0.05) is 25.4 Å². The highest BCUT2D eigenvalue weighted by molar-refractivity contribution is 6.30. The second-order valence-electron chi connectivity index (χ2n) is 4.55. The maximum Gasteiger partial charge on any atom is 0.225 e. The van der Waals surface area contributed by atoms with E-state index in [2.05, 4.69) is 18.8 Å². The molecular formula is C12H15ClN2O. The van der Waals surface area contributed by atoms with Gasteiger partial charge in [-0.05, 0) is 12.0 Å². The van der Waals surface area contributed by atoms with Crippen LogP contribution in [0.1, 0.15) is 32.3 Å². The molecular weight excluding hydrogens is 224 g/mol. The molecule has 0 aliphatic carbocycles. The summed E-state index contributed by atoms with van der Waals surface area (Å²) in [5, 5.41) is 0.634. The lowest BCUT2D eigenvalue weighted by atomic mass is 9.91. The zero-order chi connectivity index (χ0) is 11.9. The second kappa shape index (κ2) is 4.06. The minimum absolute atomic E-state index is 0.0409. The number of pyridine rings is 1. The summed E-state index contributed by atoms with van der Waals surface area (Å²) in [5.41, 5.74) is 1.10. The molecule has 0 aromatic carbocycles. The van der Waals surface area contributed by atoms with Crippen molar-refractivity contribution < 1.29 is 4.79 Å². The molecule has 0 radical (unpaired) electrons. The molecule has 3 nitrogen and oxygen atoms in total. The molecule has 1 aromatic rings. The third kappa shape index (κ3) is 1.80. The number of nitrogens with zero attached hydrogens (tertiary/aromatic N) is 2. The van der Waals surface area contributed by atoms with Gasteiger partial charge in [0.2, 0.25) is 5.91 Å². The van der Waals surface area contributed by atoms with E-state index in [4.69, 9.17) is 11.6 Å². The number of anilines is 1. The molecule has 1 amide bonds. The van der Waals surface area contributed by atoms with E-state index in [1.165, 1.54) is 0 Å². The molecule has 0 spiro atoms. The van der Waals surface area contributed by atoms with E-state index < -0.39 is 0 Å². The zero-order valence-electron chi connectivity index (χ0n) is 9.70. The molecule has 2 rings (SSSR count). The summed E-state index contributed by atoms with van der Waals surface area (Å²) in [4.78, 5) is 17.5. The molecule has 1 aliphatic heterocycles. The lowest BCUT2D eigenvalue weighted by Crippen LogP contribution is -2.28. The maximum absolute atomic E-state index is 11.5. The van der Waals surface area contributed by atoms with Gasteiger partial charge in [-0.25, -0.2) is 4.98 Å². The molecule has 86 valence electrons. The number of halogens is 1. The molecule has 0 bridgehead atoms. The Balaban J connectivity index is 2.48. The summed E-state index contributed by atoms with van der Waals surface area (Å²) < 4.78 is 0. The molecule has 1 aliphatic rings. The predicted molar refractivity (Wildman–Crippen MR) is 64.9 cm³/mol. The van der Waals surface area contributed by atoms with Crippen molar-refractivity contribution >= 4 is 23.3 Å². The Morgan fingerprint density at radius 1 is 1.62 bits per heavy atom. The van der Waals surface area contributed by atoms with Gasteiger partial charge in [-0.3, -0.25) is 9.69 Å². The summed E-state index contributed by atoms with van der Waals surface area (Å²) in [5.74, 6) is 1.63. The van der Waals surface area contributed by atoms with Gasteiger partial charge in [0.1, 0.15) is 5.82 Å². The minimum atomic E-state index is 0.0409. The fourth-order valence-corrected chi connectivity index (χ4v) is 2.34. The van der Waals surface area contributed by atoms with E-state index in [0.29, 0.717) is 16.9 Å². The zero-order valence-corrected chi connectivity index (χ0v) is 10.5. The Morgan fingerprint density at radius 3 is 2.88 bits per heavy atom. The van der Waals surface area contributed by atoms with E-state index >= 15 is 0 Å². The third-order valence-corrected chi connectivity index (χ3v) is 3.29. The van der Waals surface area contributed by atoms with E-state index in [0.717, 1.165) is 17.9 Å². The Kier molecular flexibility index (Phi) is 2.89. The third-order valence-electron chi connectivity index (χ3n) is 3.08. The molecule has 0 N–H and O–H groups in total. The van der Waals surface area contributed by atoms with Crippen LogP contribution in [0.15, 0.2) is 12.3 Å². The van der Waals surface area contributed by atoms with Crippen molar-refractivity contribution in [2.24, 2.45) is 5.92 Å². The van der Waals surface area contributed by atoms with Crippen LogP contribution in [0.4, 0.5) is 5.82 Å². The highest BCUT2D eigenvalue weighted by Crippen LogP contribution is 2.39. The van der Waals surface area contributed by atoms with Crippen molar-refractivity contribution in [2.75, 3.05) is 11.4 Å². The van der Waals surface area contributed by atoms with Gasteiger partial charge in [0, 0.05) is 31.1 Å². The van der Waals surface area contributed by atoms with Crippen molar-refractivity contribution in [1.82, 2.24) is 4.98 Å². The molecule has 1 atom stereocenters. The van der Waals surface area contributed by atoms with Crippen LogP contribution in [0.2, 0.25) is 5.02 Å². The summed E-state index contributed by atoms with van der Waals surface area (Å²) in [6.45, 7) is 6.59. The number of aromatic nitrogens is 1. The lowest BCUT2D eigenvalue weighted by Gasteiger charge is -2.16. The molecule has 0 saturated carbocycles. The van der Waals surface area contributed by atoms with Gasteiger partial charge < -0.3 is 0 Å². The quantitative estimate of drug-likeness (QED) is 0.754. The Bertz CT molecular complexity index is 431. The molecule has 2 heterocycles. The second-order valence-corrected chi connectivity index (χ2v) is 4.98. The summed E-state index contributed by atoms with van der Waals surface area (Å²) in [6.07, 6.45) is 1.60. The first-order valence-corrected chi connectivity index (χ1v) is 5.82. The number of fused-ring (bicyclic) bond motifs is 1. The van der Waals surface area contributed by atoms with Crippen LogP contribution in [0.5, 0.6) is 0 Å². The molecule has 0 fully saturated rings. The average Bonchev–Trinajstić information content (AvgIpc) is 2.56. The van der Waals surface area contributed by atoms with E-state index in [9.17, 15) is 4.79 Å². The van der Waals surface area contributed by atoms with Crippen LogP contribution in [-0.4, -0.2) is 17.4 Å². The number of carbonyl (C=O) groups excluding carboxylic acids is 1. The summed E-state index contributed by atoms with van der Waals surface area (Å²) >= 11 is 5.95. The average molecular weight is 239 g/mol. The first-order chi connectivity index (χ1) is 7.50. The fraction of sp³-hybridized carbons (Fsp3) is 0.500. The number of carbonyl (C=O) groups is 1. The molecule has 1 aromatic heterocycles. The van der Waals surface area contributed by atoms with Crippen LogP contribution in [0, 0.1) is 5.92 Å². The largest absolute Gasteiger partial charge is 0.296 e. The highest BCUT2D eigenvalue weighted by atomic mass is 35.5. The van der Waals surface area contributed by atoms with Crippen molar-refractivity contribution in [3.8, 4) is 0 Å². The lowest BCUT2D eigenvalue weighted by molar-refractivity contribution is -0.116. The van der Waals surface area contributed by atoms with Crippen LogP contribution in [0.3, 0.4) is 0 Å². The van der Waals surface area contributed by atoms with Crippen molar-refractivity contribution in [3.05, 3.63) is 22.8 Å². The monoisotopic (exact) mass is 238 g/mol. The minimum Gasteiger partial charge on any atom is -0.296 e. The predicted octanol–water partition coefficient (Wildman–Crippen LogP) is 2.84. The Labute approximate surface area is 100 Å². The topological polar surface area (TPSA) is 33.2 Å². The van der Waals surface area contributed by atoms with Crippen LogP contribution in [0.25, 0.3) is 0 Å². The van der Waals surface area contributed by atoms with E-state index in [1.807, 2.05) is 6.07 Å². The standard InChI is InChI=1S/C12H15ClN2O/c1-7(2)11-6-15(8(3)16)12-10(11)4-9(13)5-14-12/h4-5,7,11H,6H2,1-3H3. The van der Waals surface area contributed by atoms with Crippen molar-refractivity contribution in [3.63, 3.8) is 0 Å². The van der Waals surface area contributed by atoms with Crippen LogP contribution in [-0.2, 0) is 4.79 Å². The fourth-order valence-electron chi connectivity index (χ4n) is 2.18. The molecule has 1 unspecified atom stereocenters. The number of hydrogen-bond acceptors (Lipinski definition) is 2. The van der Waals surface area contributed by atoms with Gasteiger partial charge in [0.05, 0.1) is 5.02 Å². The number of amides is 1. The van der Waals surface area contributed by atoms with Gasteiger partial charge in [0.25, 0.3) is 0 Å². The molecule has 4 heteroatoms. The number of rotatable bonds is 1. The molecule has 0 saturated heterocycles. The normalized spacial score (nSPS) is 19.1.